The van der Waals surface area contributed by atoms with Crippen molar-refractivity contribution in [2.24, 2.45) is 5.73 Å². The van der Waals surface area contributed by atoms with Crippen molar-refractivity contribution < 1.29 is 82.3 Å². The van der Waals surface area contributed by atoms with Gasteiger partial charge >= 0.3 is 24.4 Å². The minimum Gasteiger partial charge on any atom is -0.466 e. The third kappa shape index (κ3) is 16.2. The Hall–Kier alpha value is -4.23. The molecule has 0 aromatic carbocycles. The first-order valence-electron chi connectivity index (χ1n) is 20.4. The SMILES string of the molecule is CNC(=O)O[C@@H]1[C@@H](O)[C@@H](O[C@@H]2[C@@H](O)[C@H](O[C@H]3OC(CN)=CC[C@H]3NC(=O)OC(C)(C)C)[C@@H](NC(=O)OC(C)(C)C)C[C@H]2NC(=O)[C@@H](O)CCNC(=O)OC(C)(C)C)OC[C@@]1(C)O. The van der Waals surface area contributed by atoms with E-state index in [0.717, 1.165) is 0 Å². The molecule has 23 nitrogen and oxygen atoms in total. The van der Waals surface area contributed by atoms with Crippen LogP contribution in [0.5, 0.6) is 0 Å². The number of hydrogen-bond acceptors (Lipinski definition) is 18. The van der Waals surface area contributed by atoms with Gasteiger partial charge in [-0.3, -0.25) is 4.79 Å². The maximum absolute atomic E-state index is 13.6. The van der Waals surface area contributed by atoms with E-state index in [-0.39, 0.29) is 38.1 Å². The quantitative estimate of drug-likeness (QED) is 0.108. The van der Waals surface area contributed by atoms with Gasteiger partial charge in [-0.2, -0.15) is 0 Å². The van der Waals surface area contributed by atoms with Crippen LogP contribution in [0, 0.1) is 0 Å². The summed E-state index contributed by atoms with van der Waals surface area (Å²) in [6.07, 6.45) is -15.7. The summed E-state index contributed by atoms with van der Waals surface area (Å²) in [7, 11) is 1.27. The third-order valence-electron chi connectivity index (χ3n) is 9.25. The van der Waals surface area contributed by atoms with Gasteiger partial charge in [0.1, 0.15) is 58.7 Å². The smallest absolute Gasteiger partial charge is 0.408 e. The number of rotatable bonds is 13. The number of alkyl carbamates (subject to hydrolysis) is 4. The molecule has 23 heteroatoms. The summed E-state index contributed by atoms with van der Waals surface area (Å²) in [6.45, 7) is 15.4. The number of nitrogens with two attached hydrogens (primary N) is 1. The van der Waals surface area contributed by atoms with Gasteiger partial charge in [0.05, 0.1) is 31.3 Å². The maximum atomic E-state index is 13.6. The molecule has 3 aliphatic rings. The molecule has 0 unspecified atom stereocenters. The molecular formula is C39H68N6O17. The summed E-state index contributed by atoms with van der Waals surface area (Å²) in [5.74, 6) is -0.707. The van der Waals surface area contributed by atoms with Crippen LogP contribution < -0.4 is 32.3 Å². The van der Waals surface area contributed by atoms with E-state index in [9.17, 15) is 44.4 Å². The molecule has 0 radical (unpaired) electrons. The molecule has 2 heterocycles. The Labute approximate surface area is 361 Å². The largest absolute Gasteiger partial charge is 0.466 e. The molecule has 1 saturated carbocycles. The van der Waals surface area contributed by atoms with Crippen molar-refractivity contribution in [2.75, 3.05) is 26.7 Å². The lowest BCUT2D eigenvalue weighted by molar-refractivity contribution is -0.321. The molecule has 2 fully saturated rings. The lowest BCUT2D eigenvalue weighted by Gasteiger charge is -2.49. The van der Waals surface area contributed by atoms with Crippen LogP contribution >= 0.6 is 0 Å². The molecule has 2 aliphatic heterocycles. The number of carbonyl (C=O) groups excluding carboxylic acids is 5. The lowest BCUT2D eigenvalue weighted by Crippen LogP contribution is -2.69. The van der Waals surface area contributed by atoms with E-state index in [1.165, 1.54) is 14.0 Å². The fraction of sp³-hybridized carbons (Fsp3) is 0.821. The zero-order valence-electron chi connectivity index (χ0n) is 37.3. The first-order chi connectivity index (χ1) is 28.5. The summed E-state index contributed by atoms with van der Waals surface area (Å²) >= 11 is 0. The summed E-state index contributed by atoms with van der Waals surface area (Å²) in [6, 6.07) is -3.51. The Morgan fingerprint density at radius 3 is 1.85 bits per heavy atom. The van der Waals surface area contributed by atoms with Crippen molar-refractivity contribution in [3.63, 3.8) is 0 Å². The first kappa shape index (κ1) is 52.1. The fourth-order valence-corrected chi connectivity index (χ4v) is 6.56. The zero-order valence-corrected chi connectivity index (χ0v) is 37.3. The van der Waals surface area contributed by atoms with E-state index in [4.69, 9.17) is 43.6 Å². The molecule has 5 amide bonds. The highest BCUT2D eigenvalue weighted by atomic mass is 16.7. The highest BCUT2D eigenvalue weighted by Crippen LogP contribution is 2.34. The number of ether oxygens (including phenoxy) is 8. The molecule has 0 spiro atoms. The second-order valence-electron chi connectivity index (χ2n) is 18.5. The number of aliphatic hydroxyl groups excluding tert-OH is 3. The highest BCUT2D eigenvalue weighted by molar-refractivity contribution is 5.81. The van der Waals surface area contributed by atoms with Gasteiger partial charge in [0, 0.05) is 13.6 Å². The number of hydrogen-bond donors (Lipinski definition) is 10. The van der Waals surface area contributed by atoms with Crippen LogP contribution in [0.15, 0.2) is 11.8 Å². The summed E-state index contributed by atoms with van der Waals surface area (Å²) in [5, 5.41) is 58.2. The van der Waals surface area contributed by atoms with E-state index in [2.05, 4.69) is 26.6 Å². The van der Waals surface area contributed by atoms with Crippen molar-refractivity contribution in [3.8, 4) is 0 Å². The van der Waals surface area contributed by atoms with Crippen molar-refractivity contribution in [1.29, 1.82) is 0 Å². The topological polar surface area (TPSA) is 326 Å². The zero-order chi connectivity index (χ0) is 47.0. The van der Waals surface area contributed by atoms with Crippen molar-refractivity contribution >= 4 is 30.3 Å². The molecular weight excluding hydrogens is 824 g/mol. The van der Waals surface area contributed by atoms with E-state index in [1.54, 1.807) is 68.4 Å². The molecule has 1 aliphatic carbocycles. The van der Waals surface area contributed by atoms with Gasteiger partial charge in [0.25, 0.3) is 0 Å². The predicted molar refractivity (Wildman–Crippen MR) is 216 cm³/mol. The first-order valence-corrected chi connectivity index (χ1v) is 20.4. The number of nitrogens with one attached hydrogen (secondary N) is 5. The van der Waals surface area contributed by atoms with E-state index < -0.39 is 127 Å². The van der Waals surface area contributed by atoms with Gasteiger partial charge in [-0.05, 0) is 94.6 Å². The van der Waals surface area contributed by atoms with Gasteiger partial charge in [0.2, 0.25) is 12.2 Å². The number of aliphatic hydroxyl groups is 4. The minimum atomic E-state index is -1.92. The second kappa shape index (κ2) is 21.4. The molecule has 356 valence electrons. The third-order valence-corrected chi connectivity index (χ3v) is 9.25. The van der Waals surface area contributed by atoms with E-state index >= 15 is 0 Å². The van der Waals surface area contributed by atoms with Crippen LogP contribution in [0.4, 0.5) is 19.2 Å². The molecule has 3 rings (SSSR count). The molecule has 11 N–H and O–H groups in total. The standard InChI is InChI=1S/C39H68N6O17/c1-36(2,3)60-33(51)42-15-14-23(46)29(49)43-21-16-22(45-35(53)62-38(7,8)9)27(57-30-20(13-12-19(17-40)56-30)44-34(52)61-37(4,5)6)24(47)26(21)58-31-25(48)28(59-32(50)41-11)39(10,54)18-55-31/h12,20-28,30-31,46-48,54H,13-18,40H2,1-11H3,(H,41,50)(H,42,51)(H,43,49)(H,44,52)(H,45,53)/t20-,21-,22+,23+,24-,25-,26+,27-,28-,30-,31-,39-/m1/s1. The normalized spacial score (nSPS) is 30.9. The lowest BCUT2D eigenvalue weighted by atomic mass is 9.83. The Morgan fingerprint density at radius 1 is 0.806 bits per heavy atom. The summed E-state index contributed by atoms with van der Waals surface area (Å²) < 4.78 is 45.7. The van der Waals surface area contributed by atoms with Gasteiger partial charge in [-0.15, -0.1) is 0 Å². The molecule has 0 bridgehead atoms. The monoisotopic (exact) mass is 892 g/mol. The molecule has 62 heavy (non-hydrogen) atoms. The summed E-state index contributed by atoms with van der Waals surface area (Å²) in [5.41, 5.74) is 1.32. The van der Waals surface area contributed by atoms with Crippen molar-refractivity contribution in [3.05, 3.63) is 11.8 Å². The van der Waals surface area contributed by atoms with E-state index in [1.807, 2.05) is 0 Å². The van der Waals surface area contributed by atoms with Crippen LogP contribution in [0.25, 0.3) is 0 Å². The van der Waals surface area contributed by atoms with Crippen molar-refractivity contribution in [1.82, 2.24) is 26.6 Å². The van der Waals surface area contributed by atoms with Gasteiger partial charge in [-0.25, -0.2) is 19.2 Å². The average molecular weight is 893 g/mol. The Kier molecular flexibility index (Phi) is 18.0. The molecule has 0 aromatic heterocycles. The molecule has 12 atom stereocenters. The van der Waals surface area contributed by atoms with Crippen LogP contribution in [0.1, 0.15) is 88.5 Å². The highest BCUT2D eigenvalue weighted by Gasteiger charge is 2.54. The minimum absolute atomic E-state index is 0.0682. The molecule has 1 saturated heterocycles. The summed E-state index contributed by atoms with van der Waals surface area (Å²) in [4.78, 5) is 64.2. The maximum Gasteiger partial charge on any atom is 0.408 e. The Bertz CT molecular complexity index is 1580. The van der Waals surface area contributed by atoms with Gasteiger partial charge in [0.15, 0.2) is 12.4 Å². The number of amides is 5. The second-order valence-corrected chi connectivity index (χ2v) is 18.5. The van der Waals surface area contributed by atoms with Crippen LogP contribution in [0.3, 0.4) is 0 Å². The van der Waals surface area contributed by atoms with Gasteiger partial charge < -0.3 is 90.6 Å². The van der Waals surface area contributed by atoms with Crippen molar-refractivity contribution in [2.45, 2.75) is 178 Å². The van der Waals surface area contributed by atoms with Crippen LogP contribution in [-0.4, -0.2) is 167 Å². The molecule has 0 aromatic rings. The Morgan fingerprint density at radius 2 is 1.32 bits per heavy atom. The Balaban J connectivity index is 2.03. The van der Waals surface area contributed by atoms with Gasteiger partial charge in [-0.1, -0.05) is 0 Å². The van der Waals surface area contributed by atoms with E-state index in [0.29, 0.717) is 0 Å². The fourth-order valence-electron chi connectivity index (χ4n) is 6.56. The average Bonchev–Trinajstić information content (AvgIpc) is 3.12. The van der Waals surface area contributed by atoms with Crippen LogP contribution in [0.2, 0.25) is 0 Å². The number of carbonyl (C=O) groups is 5. The predicted octanol–water partition coefficient (Wildman–Crippen LogP) is -0.150. The van der Waals surface area contributed by atoms with Crippen LogP contribution in [-0.2, 0) is 42.7 Å².